The van der Waals surface area contributed by atoms with Crippen LogP contribution in [0, 0.1) is 11.7 Å². The highest BCUT2D eigenvalue weighted by Crippen LogP contribution is 2.11. The van der Waals surface area contributed by atoms with Crippen molar-refractivity contribution < 1.29 is 14.0 Å². The van der Waals surface area contributed by atoms with E-state index in [1.54, 1.807) is 50.2 Å². The highest BCUT2D eigenvalue weighted by Gasteiger charge is 2.08. The van der Waals surface area contributed by atoms with E-state index in [-0.39, 0.29) is 23.5 Å². The Bertz CT molecular complexity index is 738. The number of halogens is 1. The van der Waals surface area contributed by atoms with Crippen LogP contribution in [0.15, 0.2) is 53.6 Å². The number of nitrogens with one attached hydrogen (secondary N) is 2. The molecular weight excluding hydrogens is 309 g/mol. The third-order valence-electron chi connectivity index (χ3n) is 3.19. The molecule has 2 N–H and O–H groups in total. The van der Waals surface area contributed by atoms with Gasteiger partial charge in [-0.05, 0) is 42.0 Å². The Kier molecular flexibility index (Phi) is 5.78. The van der Waals surface area contributed by atoms with Gasteiger partial charge in [-0.1, -0.05) is 26.0 Å². The summed E-state index contributed by atoms with van der Waals surface area (Å²) in [5, 5.41) is 6.57. The van der Waals surface area contributed by atoms with Gasteiger partial charge in [-0.3, -0.25) is 9.59 Å². The second kappa shape index (κ2) is 8.01. The van der Waals surface area contributed by atoms with Crippen LogP contribution in [-0.4, -0.2) is 18.0 Å². The number of carbonyl (C=O) groups excluding carboxylic acids is 2. The molecule has 6 heteroatoms. The standard InChI is InChI=1S/C18H18FN3O2/c1-12(2)17(23)21-16-9-5-14(6-10-16)18(24)22-20-11-13-3-7-15(19)8-4-13/h3-12H,1-2H3,(H,21,23)(H,22,24). The van der Waals surface area contributed by atoms with E-state index in [0.29, 0.717) is 16.8 Å². The molecule has 0 bridgehead atoms. The van der Waals surface area contributed by atoms with Crippen molar-refractivity contribution in [2.75, 3.05) is 5.32 Å². The molecule has 0 aromatic heterocycles. The fourth-order valence-corrected chi connectivity index (χ4v) is 1.77. The predicted molar refractivity (Wildman–Crippen MR) is 91.4 cm³/mol. The first kappa shape index (κ1) is 17.3. The van der Waals surface area contributed by atoms with Gasteiger partial charge in [0.15, 0.2) is 0 Å². The Morgan fingerprint density at radius 3 is 2.25 bits per heavy atom. The Labute approximate surface area is 139 Å². The Morgan fingerprint density at radius 1 is 1.04 bits per heavy atom. The van der Waals surface area contributed by atoms with E-state index in [1.165, 1.54) is 18.3 Å². The molecule has 0 saturated heterocycles. The summed E-state index contributed by atoms with van der Waals surface area (Å²) in [6.07, 6.45) is 1.43. The number of anilines is 1. The maximum absolute atomic E-state index is 12.8. The van der Waals surface area contributed by atoms with Gasteiger partial charge in [0.1, 0.15) is 5.82 Å². The number of hydrazone groups is 1. The zero-order valence-corrected chi connectivity index (χ0v) is 13.4. The molecule has 0 heterocycles. The summed E-state index contributed by atoms with van der Waals surface area (Å²) in [5.41, 5.74) is 4.10. The zero-order chi connectivity index (χ0) is 17.5. The number of benzene rings is 2. The molecule has 0 aliphatic heterocycles. The summed E-state index contributed by atoms with van der Waals surface area (Å²) in [5.74, 6) is -0.916. The van der Waals surface area contributed by atoms with Crippen molar-refractivity contribution in [3.05, 3.63) is 65.5 Å². The Balaban J connectivity index is 1.92. The van der Waals surface area contributed by atoms with Gasteiger partial charge in [0.25, 0.3) is 5.91 Å². The van der Waals surface area contributed by atoms with E-state index >= 15 is 0 Å². The molecule has 0 spiro atoms. The molecule has 0 aliphatic carbocycles. The molecule has 0 atom stereocenters. The van der Waals surface area contributed by atoms with Gasteiger partial charge in [0, 0.05) is 17.2 Å². The summed E-state index contributed by atoms with van der Waals surface area (Å²) in [6.45, 7) is 3.60. The van der Waals surface area contributed by atoms with Gasteiger partial charge in [0.2, 0.25) is 5.91 Å². The Hall–Kier alpha value is -3.02. The first-order valence-corrected chi connectivity index (χ1v) is 7.45. The van der Waals surface area contributed by atoms with E-state index in [9.17, 15) is 14.0 Å². The lowest BCUT2D eigenvalue weighted by Gasteiger charge is -2.08. The molecule has 0 fully saturated rings. The SMILES string of the molecule is CC(C)C(=O)Nc1ccc(C(=O)NN=Cc2ccc(F)cc2)cc1. The summed E-state index contributed by atoms with van der Waals surface area (Å²) < 4.78 is 12.8. The molecule has 0 unspecified atom stereocenters. The molecule has 2 aromatic rings. The molecule has 2 rings (SSSR count). The quantitative estimate of drug-likeness (QED) is 0.654. The van der Waals surface area contributed by atoms with Crippen molar-refractivity contribution in [2.45, 2.75) is 13.8 Å². The lowest BCUT2D eigenvalue weighted by atomic mass is 10.1. The molecule has 24 heavy (non-hydrogen) atoms. The smallest absolute Gasteiger partial charge is 0.271 e. The molecule has 2 aromatic carbocycles. The topological polar surface area (TPSA) is 70.6 Å². The fourth-order valence-electron chi connectivity index (χ4n) is 1.77. The summed E-state index contributed by atoms with van der Waals surface area (Å²) in [7, 11) is 0. The third-order valence-corrected chi connectivity index (χ3v) is 3.19. The first-order chi connectivity index (χ1) is 11.5. The van der Waals surface area contributed by atoms with Gasteiger partial charge >= 0.3 is 0 Å². The lowest BCUT2D eigenvalue weighted by Crippen LogP contribution is -2.19. The molecule has 0 saturated carbocycles. The second-order valence-corrected chi connectivity index (χ2v) is 5.47. The van der Waals surface area contributed by atoms with Gasteiger partial charge < -0.3 is 5.32 Å². The van der Waals surface area contributed by atoms with E-state index in [4.69, 9.17) is 0 Å². The molecular formula is C18H18FN3O2. The zero-order valence-electron chi connectivity index (χ0n) is 13.4. The number of nitrogens with zero attached hydrogens (tertiary/aromatic N) is 1. The average Bonchev–Trinajstić information content (AvgIpc) is 2.57. The van der Waals surface area contributed by atoms with Crippen LogP contribution in [0.3, 0.4) is 0 Å². The third kappa shape index (κ3) is 5.01. The maximum atomic E-state index is 12.8. The predicted octanol–water partition coefficient (Wildman–Crippen LogP) is 3.18. The van der Waals surface area contributed by atoms with E-state index in [0.717, 1.165) is 0 Å². The average molecular weight is 327 g/mol. The van der Waals surface area contributed by atoms with Crippen LogP contribution in [0.2, 0.25) is 0 Å². The minimum absolute atomic E-state index is 0.0869. The number of hydrogen-bond donors (Lipinski definition) is 2. The normalized spacial score (nSPS) is 10.8. The van der Waals surface area contributed by atoms with Crippen LogP contribution in [0.4, 0.5) is 10.1 Å². The highest BCUT2D eigenvalue weighted by molar-refractivity contribution is 5.96. The number of hydrogen-bond acceptors (Lipinski definition) is 3. The number of rotatable bonds is 5. The van der Waals surface area contributed by atoms with Crippen molar-refractivity contribution in [1.82, 2.24) is 5.43 Å². The van der Waals surface area contributed by atoms with Crippen LogP contribution in [-0.2, 0) is 4.79 Å². The minimum Gasteiger partial charge on any atom is -0.326 e. The summed E-state index contributed by atoms with van der Waals surface area (Å²) in [4.78, 5) is 23.6. The van der Waals surface area contributed by atoms with Gasteiger partial charge in [-0.2, -0.15) is 5.10 Å². The van der Waals surface area contributed by atoms with Crippen LogP contribution in [0.25, 0.3) is 0 Å². The van der Waals surface area contributed by atoms with Crippen molar-refractivity contribution in [1.29, 1.82) is 0 Å². The molecule has 2 amide bonds. The van der Waals surface area contributed by atoms with Gasteiger partial charge in [-0.15, -0.1) is 0 Å². The molecule has 0 aliphatic rings. The summed E-state index contributed by atoms with van der Waals surface area (Å²) >= 11 is 0. The summed E-state index contributed by atoms with van der Waals surface area (Å²) in [6, 6.07) is 12.2. The second-order valence-electron chi connectivity index (χ2n) is 5.47. The van der Waals surface area contributed by atoms with Crippen molar-refractivity contribution >= 4 is 23.7 Å². The van der Waals surface area contributed by atoms with Crippen LogP contribution in [0.1, 0.15) is 29.8 Å². The minimum atomic E-state index is -0.380. The number of amides is 2. The Morgan fingerprint density at radius 2 is 1.67 bits per heavy atom. The molecule has 0 radical (unpaired) electrons. The van der Waals surface area contributed by atoms with Crippen LogP contribution >= 0.6 is 0 Å². The van der Waals surface area contributed by atoms with Gasteiger partial charge in [-0.25, -0.2) is 9.82 Å². The van der Waals surface area contributed by atoms with E-state index in [2.05, 4.69) is 15.8 Å². The maximum Gasteiger partial charge on any atom is 0.271 e. The lowest BCUT2D eigenvalue weighted by molar-refractivity contribution is -0.118. The monoisotopic (exact) mass is 327 g/mol. The van der Waals surface area contributed by atoms with Crippen LogP contribution < -0.4 is 10.7 Å². The fraction of sp³-hybridized carbons (Fsp3) is 0.167. The van der Waals surface area contributed by atoms with Crippen molar-refractivity contribution in [3.63, 3.8) is 0 Å². The number of carbonyl (C=O) groups is 2. The van der Waals surface area contributed by atoms with E-state index < -0.39 is 0 Å². The molecule has 124 valence electrons. The van der Waals surface area contributed by atoms with Gasteiger partial charge in [0.05, 0.1) is 6.21 Å². The van der Waals surface area contributed by atoms with Crippen molar-refractivity contribution in [2.24, 2.45) is 11.0 Å². The van der Waals surface area contributed by atoms with Crippen LogP contribution in [0.5, 0.6) is 0 Å². The highest BCUT2D eigenvalue weighted by atomic mass is 19.1. The largest absolute Gasteiger partial charge is 0.326 e. The van der Waals surface area contributed by atoms with Crippen molar-refractivity contribution in [3.8, 4) is 0 Å². The van der Waals surface area contributed by atoms with E-state index in [1.807, 2.05) is 0 Å². The first-order valence-electron chi connectivity index (χ1n) is 7.45. The molecule has 5 nitrogen and oxygen atoms in total.